The number of aryl methyl sites for hydroxylation is 2. The van der Waals surface area contributed by atoms with E-state index in [-0.39, 0.29) is 23.8 Å². The molecule has 4 aromatic carbocycles. The fourth-order valence-electron chi connectivity index (χ4n) is 5.05. The molecule has 0 saturated carbocycles. The van der Waals surface area contributed by atoms with E-state index in [1.54, 1.807) is 36.4 Å². The highest BCUT2D eigenvalue weighted by Crippen LogP contribution is 2.26. The first kappa shape index (κ1) is 32.5. The fourth-order valence-corrected chi connectivity index (χ4v) is 6.47. The van der Waals surface area contributed by atoms with Crippen LogP contribution in [0.2, 0.25) is 0 Å². The molecular formula is C36H41N3O4S. The maximum atomic E-state index is 14.5. The van der Waals surface area contributed by atoms with Crippen LogP contribution in [-0.2, 0) is 32.6 Å². The zero-order valence-corrected chi connectivity index (χ0v) is 26.8. The second-order valence-electron chi connectivity index (χ2n) is 12.1. The highest BCUT2D eigenvalue weighted by atomic mass is 32.2. The molecule has 4 aromatic rings. The van der Waals surface area contributed by atoms with Crippen LogP contribution >= 0.6 is 0 Å². The van der Waals surface area contributed by atoms with Gasteiger partial charge in [-0.1, -0.05) is 90.5 Å². The third-order valence-electron chi connectivity index (χ3n) is 7.10. The lowest BCUT2D eigenvalue weighted by molar-refractivity contribution is -0.140. The number of nitrogens with zero attached hydrogens (tertiary/aromatic N) is 2. The predicted molar refractivity (Wildman–Crippen MR) is 176 cm³/mol. The van der Waals surface area contributed by atoms with E-state index in [4.69, 9.17) is 0 Å². The molecule has 8 heteroatoms. The summed E-state index contributed by atoms with van der Waals surface area (Å²) in [4.78, 5) is 30.1. The molecule has 1 atom stereocenters. The Labute approximate surface area is 261 Å². The van der Waals surface area contributed by atoms with Crippen molar-refractivity contribution in [3.63, 3.8) is 0 Å². The van der Waals surface area contributed by atoms with Gasteiger partial charge < -0.3 is 10.2 Å². The van der Waals surface area contributed by atoms with E-state index in [2.05, 4.69) is 5.32 Å². The van der Waals surface area contributed by atoms with Gasteiger partial charge in [0.1, 0.15) is 12.6 Å². The van der Waals surface area contributed by atoms with Gasteiger partial charge in [-0.2, -0.15) is 0 Å². The summed E-state index contributed by atoms with van der Waals surface area (Å²) in [5.74, 6) is -0.798. The minimum absolute atomic E-state index is 0.0749. The van der Waals surface area contributed by atoms with Crippen molar-refractivity contribution in [2.24, 2.45) is 0 Å². The molecule has 0 aromatic heterocycles. The number of hydrogen-bond acceptors (Lipinski definition) is 4. The standard InChI is InChI=1S/C36H41N3O4S/c1-27-14-12-18-30(22-27)25-38(33(35(41)37-36(3,4)5)24-29-16-8-6-9-17-29)34(40)26-39(31-19-13-15-28(2)23-31)44(42,43)32-20-10-7-11-21-32/h6-23,33H,24-26H2,1-5H3,(H,37,41)/t33-/m1/s1. The summed E-state index contributed by atoms with van der Waals surface area (Å²) in [6.07, 6.45) is 0.260. The number of nitrogens with one attached hydrogen (secondary N) is 1. The van der Waals surface area contributed by atoms with Gasteiger partial charge in [0, 0.05) is 18.5 Å². The van der Waals surface area contributed by atoms with Crippen molar-refractivity contribution >= 4 is 27.5 Å². The van der Waals surface area contributed by atoms with E-state index >= 15 is 0 Å². The zero-order chi connectivity index (χ0) is 31.9. The van der Waals surface area contributed by atoms with Crippen molar-refractivity contribution in [3.05, 3.63) is 131 Å². The Balaban J connectivity index is 1.82. The van der Waals surface area contributed by atoms with Crippen LogP contribution in [0.25, 0.3) is 0 Å². The second kappa shape index (κ2) is 13.9. The molecule has 0 aliphatic heterocycles. The Morgan fingerprint density at radius 1 is 0.750 bits per heavy atom. The normalized spacial score (nSPS) is 12.3. The van der Waals surface area contributed by atoms with Crippen LogP contribution in [-0.4, -0.2) is 43.3 Å². The summed E-state index contributed by atoms with van der Waals surface area (Å²) in [7, 11) is -4.13. The number of sulfonamides is 1. The molecule has 2 amide bonds. The largest absolute Gasteiger partial charge is 0.350 e. The van der Waals surface area contributed by atoms with Crippen molar-refractivity contribution < 1.29 is 18.0 Å². The van der Waals surface area contributed by atoms with E-state index in [0.29, 0.717) is 5.69 Å². The topological polar surface area (TPSA) is 86.8 Å². The predicted octanol–water partition coefficient (Wildman–Crippen LogP) is 6.05. The number of rotatable bonds is 11. The first-order chi connectivity index (χ1) is 20.8. The van der Waals surface area contributed by atoms with Crippen molar-refractivity contribution in [2.75, 3.05) is 10.8 Å². The SMILES string of the molecule is Cc1cccc(CN(C(=O)CN(c2cccc(C)c2)S(=O)(=O)c2ccccc2)[C@H](Cc2ccccc2)C(=O)NC(C)(C)C)c1. The molecule has 0 aliphatic rings. The van der Waals surface area contributed by atoms with Crippen LogP contribution in [0, 0.1) is 13.8 Å². The molecule has 0 heterocycles. The van der Waals surface area contributed by atoms with Crippen LogP contribution < -0.4 is 9.62 Å². The molecule has 0 radical (unpaired) electrons. The summed E-state index contributed by atoms with van der Waals surface area (Å²) >= 11 is 0. The van der Waals surface area contributed by atoms with E-state index in [9.17, 15) is 18.0 Å². The minimum Gasteiger partial charge on any atom is -0.350 e. The van der Waals surface area contributed by atoms with E-state index in [0.717, 1.165) is 26.6 Å². The third-order valence-corrected chi connectivity index (χ3v) is 8.89. The highest BCUT2D eigenvalue weighted by molar-refractivity contribution is 7.92. The van der Waals surface area contributed by atoms with Crippen LogP contribution in [0.15, 0.2) is 114 Å². The summed E-state index contributed by atoms with van der Waals surface area (Å²) in [6, 6.07) is 31.5. The average Bonchev–Trinajstić information content (AvgIpc) is 2.97. The van der Waals surface area contributed by atoms with Gasteiger partial charge in [-0.25, -0.2) is 8.42 Å². The molecule has 0 saturated heterocycles. The number of benzene rings is 4. The van der Waals surface area contributed by atoms with E-state index < -0.39 is 34.1 Å². The Hall–Kier alpha value is -4.43. The third kappa shape index (κ3) is 8.57. The number of carbonyl (C=O) groups excluding carboxylic acids is 2. The Bertz CT molecular complexity index is 1680. The highest BCUT2D eigenvalue weighted by Gasteiger charge is 2.35. The lowest BCUT2D eigenvalue weighted by atomic mass is 10.0. The molecule has 7 nitrogen and oxygen atoms in total. The van der Waals surface area contributed by atoms with Gasteiger partial charge in [0.25, 0.3) is 10.0 Å². The van der Waals surface area contributed by atoms with Crippen LogP contribution in [0.3, 0.4) is 0 Å². The average molecular weight is 612 g/mol. The van der Waals surface area contributed by atoms with Gasteiger partial charge in [0.15, 0.2) is 0 Å². The van der Waals surface area contributed by atoms with Gasteiger partial charge in [0.05, 0.1) is 10.6 Å². The van der Waals surface area contributed by atoms with Crippen molar-refractivity contribution in [2.45, 2.75) is 64.1 Å². The quantitative estimate of drug-likeness (QED) is 0.224. The molecule has 4 rings (SSSR count). The molecule has 0 spiro atoms. The van der Waals surface area contributed by atoms with Gasteiger partial charge >= 0.3 is 0 Å². The second-order valence-corrected chi connectivity index (χ2v) is 14.0. The van der Waals surface area contributed by atoms with E-state index in [1.165, 1.54) is 17.0 Å². The number of hydrogen-bond donors (Lipinski definition) is 1. The fraction of sp³-hybridized carbons (Fsp3) is 0.278. The lowest BCUT2D eigenvalue weighted by Gasteiger charge is -2.35. The van der Waals surface area contributed by atoms with Gasteiger partial charge in [-0.3, -0.25) is 13.9 Å². The smallest absolute Gasteiger partial charge is 0.264 e. The van der Waals surface area contributed by atoms with Crippen LogP contribution in [0.4, 0.5) is 5.69 Å². The monoisotopic (exact) mass is 611 g/mol. The molecule has 230 valence electrons. The molecule has 0 bridgehead atoms. The first-order valence-electron chi connectivity index (χ1n) is 14.7. The van der Waals surface area contributed by atoms with Crippen LogP contribution in [0.1, 0.15) is 43.0 Å². The zero-order valence-electron chi connectivity index (χ0n) is 26.0. The summed E-state index contributed by atoms with van der Waals surface area (Å²) < 4.78 is 29.3. The maximum Gasteiger partial charge on any atom is 0.264 e. The van der Waals surface area contributed by atoms with Gasteiger partial charge in [0.2, 0.25) is 11.8 Å². The number of carbonyl (C=O) groups is 2. The molecule has 0 aliphatic carbocycles. The Morgan fingerprint density at radius 3 is 1.91 bits per heavy atom. The summed E-state index contributed by atoms with van der Waals surface area (Å²) in [5.41, 5.74) is 3.42. The summed E-state index contributed by atoms with van der Waals surface area (Å²) in [5, 5.41) is 3.06. The van der Waals surface area contributed by atoms with E-state index in [1.807, 2.05) is 95.3 Å². The lowest BCUT2D eigenvalue weighted by Crippen LogP contribution is -2.56. The first-order valence-corrected chi connectivity index (χ1v) is 16.1. The molecule has 0 fully saturated rings. The number of anilines is 1. The molecular weight excluding hydrogens is 570 g/mol. The molecule has 0 unspecified atom stereocenters. The van der Waals surface area contributed by atoms with Crippen LogP contribution in [0.5, 0.6) is 0 Å². The maximum absolute atomic E-state index is 14.5. The van der Waals surface area contributed by atoms with Gasteiger partial charge in [-0.05, 0) is 75.6 Å². The van der Waals surface area contributed by atoms with Gasteiger partial charge in [-0.15, -0.1) is 0 Å². The van der Waals surface area contributed by atoms with Crippen molar-refractivity contribution in [1.29, 1.82) is 0 Å². The summed E-state index contributed by atoms with van der Waals surface area (Å²) in [6.45, 7) is 9.16. The molecule has 1 N–H and O–H groups in total. The molecule has 44 heavy (non-hydrogen) atoms. The minimum atomic E-state index is -4.13. The van der Waals surface area contributed by atoms with Crippen molar-refractivity contribution in [3.8, 4) is 0 Å². The number of amides is 2. The Morgan fingerprint density at radius 2 is 1.32 bits per heavy atom. The Kier molecular flexibility index (Phi) is 10.3. The van der Waals surface area contributed by atoms with Crippen molar-refractivity contribution in [1.82, 2.24) is 10.2 Å².